The number of oxazole rings is 1. The number of halogens is 1. The SMILES string of the molecule is NCc1ccc2nc(I)oc2c1. The van der Waals surface area contributed by atoms with Crippen molar-refractivity contribution in [2.45, 2.75) is 6.54 Å². The second-order valence-electron chi connectivity index (χ2n) is 2.47. The summed E-state index contributed by atoms with van der Waals surface area (Å²) in [6, 6.07) is 5.80. The van der Waals surface area contributed by atoms with Crippen LogP contribution < -0.4 is 5.73 Å². The third kappa shape index (κ3) is 1.32. The average Bonchev–Trinajstić information content (AvgIpc) is 2.43. The van der Waals surface area contributed by atoms with Crippen LogP contribution in [-0.4, -0.2) is 4.98 Å². The van der Waals surface area contributed by atoms with Crippen LogP contribution in [0.1, 0.15) is 5.56 Å². The molecule has 2 rings (SSSR count). The highest BCUT2D eigenvalue weighted by Gasteiger charge is 2.02. The van der Waals surface area contributed by atoms with E-state index in [0.29, 0.717) is 10.4 Å². The second kappa shape index (κ2) is 3.02. The minimum atomic E-state index is 0.535. The number of nitrogens with zero attached hydrogens (tertiary/aromatic N) is 1. The van der Waals surface area contributed by atoms with E-state index in [1.165, 1.54) is 0 Å². The molecule has 3 nitrogen and oxygen atoms in total. The van der Waals surface area contributed by atoms with Gasteiger partial charge in [0.1, 0.15) is 5.52 Å². The summed E-state index contributed by atoms with van der Waals surface area (Å²) in [5, 5.41) is 0. The van der Waals surface area contributed by atoms with Crippen molar-refractivity contribution in [2.24, 2.45) is 5.73 Å². The highest BCUT2D eigenvalue weighted by molar-refractivity contribution is 14.1. The number of hydrogen-bond acceptors (Lipinski definition) is 3. The largest absolute Gasteiger partial charge is 0.432 e. The van der Waals surface area contributed by atoms with E-state index in [1.807, 2.05) is 40.8 Å². The Bertz CT molecular complexity index is 410. The second-order valence-corrected chi connectivity index (χ2v) is 3.40. The molecule has 62 valence electrons. The molecular formula is C8H7IN2O. The van der Waals surface area contributed by atoms with Gasteiger partial charge >= 0.3 is 0 Å². The minimum Gasteiger partial charge on any atom is -0.432 e. The lowest BCUT2D eigenvalue weighted by Crippen LogP contribution is -1.94. The van der Waals surface area contributed by atoms with Crippen molar-refractivity contribution in [3.8, 4) is 0 Å². The molecule has 0 aliphatic heterocycles. The Labute approximate surface area is 83.1 Å². The summed E-state index contributed by atoms with van der Waals surface area (Å²) in [5.74, 6) is 0. The van der Waals surface area contributed by atoms with Crippen LogP contribution in [0.25, 0.3) is 11.1 Å². The highest BCUT2D eigenvalue weighted by Crippen LogP contribution is 2.17. The first-order chi connectivity index (χ1) is 5.79. The molecule has 2 aromatic rings. The molecule has 0 saturated carbocycles. The quantitative estimate of drug-likeness (QED) is 0.808. The topological polar surface area (TPSA) is 52.0 Å². The van der Waals surface area contributed by atoms with Crippen molar-refractivity contribution < 1.29 is 4.42 Å². The fourth-order valence-electron chi connectivity index (χ4n) is 1.07. The Hall–Kier alpha value is -0.620. The number of fused-ring (bicyclic) bond motifs is 1. The molecule has 0 spiro atoms. The summed E-state index contributed by atoms with van der Waals surface area (Å²) in [5.41, 5.74) is 8.24. The van der Waals surface area contributed by atoms with Gasteiger partial charge in [-0.15, -0.1) is 0 Å². The fraction of sp³-hybridized carbons (Fsp3) is 0.125. The number of benzene rings is 1. The van der Waals surface area contributed by atoms with Crippen LogP contribution in [-0.2, 0) is 6.54 Å². The Morgan fingerprint density at radius 2 is 2.33 bits per heavy atom. The maximum Gasteiger partial charge on any atom is 0.258 e. The molecule has 12 heavy (non-hydrogen) atoms. The zero-order valence-electron chi connectivity index (χ0n) is 6.25. The molecule has 2 N–H and O–H groups in total. The Morgan fingerprint density at radius 3 is 3.08 bits per heavy atom. The van der Waals surface area contributed by atoms with E-state index in [9.17, 15) is 0 Å². The molecule has 0 fully saturated rings. The molecule has 0 radical (unpaired) electrons. The first-order valence-corrected chi connectivity index (χ1v) is 4.62. The third-order valence-corrected chi connectivity index (χ3v) is 2.12. The first kappa shape index (κ1) is 8.00. The predicted molar refractivity (Wildman–Crippen MR) is 54.6 cm³/mol. The van der Waals surface area contributed by atoms with E-state index in [-0.39, 0.29) is 0 Å². The van der Waals surface area contributed by atoms with Gasteiger partial charge in [0, 0.05) is 29.1 Å². The number of nitrogens with two attached hydrogens (primary N) is 1. The van der Waals surface area contributed by atoms with Crippen molar-refractivity contribution in [2.75, 3.05) is 0 Å². The van der Waals surface area contributed by atoms with Crippen molar-refractivity contribution >= 4 is 33.7 Å². The molecule has 1 aromatic carbocycles. The summed E-state index contributed by atoms with van der Waals surface area (Å²) in [6.45, 7) is 0.535. The molecule has 0 saturated heterocycles. The minimum absolute atomic E-state index is 0.535. The molecule has 0 aliphatic carbocycles. The molecule has 0 amide bonds. The van der Waals surface area contributed by atoms with Crippen LogP contribution in [0.2, 0.25) is 0 Å². The molecule has 4 heteroatoms. The van der Waals surface area contributed by atoms with Gasteiger partial charge in [-0.05, 0) is 17.7 Å². The van der Waals surface area contributed by atoms with E-state index in [0.717, 1.165) is 16.7 Å². The average molecular weight is 274 g/mol. The molecule has 1 heterocycles. The van der Waals surface area contributed by atoms with Gasteiger partial charge in [0.15, 0.2) is 5.58 Å². The van der Waals surface area contributed by atoms with E-state index in [2.05, 4.69) is 4.98 Å². The number of hydrogen-bond donors (Lipinski definition) is 1. The summed E-state index contributed by atoms with van der Waals surface area (Å²) in [4.78, 5) is 4.17. The number of aromatic nitrogens is 1. The molecule has 0 bridgehead atoms. The first-order valence-electron chi connectivity index (χ1n) is 3.54. The Balaban J connectivity index is 2.66. The van der Waals surface area contributed by atoms with Gasteiger partial charge < -0.3 is 10.2 Å². The van der Waals surface area contributed by atoms with Gasteiger partial charge in [-0.2, -0.15) is 0 Å². The molecule has 1 aromatic heterocycles. The van der Waals surface area contributed by atoms with Crippen LogP contribution in [0.4, 0.5) is 0 Å². The van der Waals surface area contributed by atoms with Gasteiger partial charge in [0.25, 0.3) is 3.90 Å². The standard InChI is InChI=1S/C8H7IN2O/c9-8-11-6-2-1-5(4-10)3-7(6)12-8/h1-3H,4,10H2. The van der Waals surface area contributed by atoms with Gasteiger partial charge in [0.2, 0.25) is 0 Å². The van der Waals surface area contributed by atoms with Crippen LogP contribution in [0.3, 0.4) is 0 Å². The Morgan fingerprint density at radius 1 is 1.50 bits per heavy atom. The van der Waals surface area contributed by atoms with E-state index in [4.69, 9.17) is 10.2 Å². The summed E-state index contributed by atoms with van der Waals surface area (Å²) in [6.07, 6.45) is 0. The molecule has 0 aliphatic rings. The normalized spacial score (nSPS) is 10.8. The van der Waals surface area contributed by atoms with Crippen molar-refractivity contribution in [1.82, 2.24) is 4.98 Å². The van der Waals surface area contributed by atoms with Crippen LogP contribution in [0, 0.1) is 3.90 Å². The van der Waals surface area contributed by atoms with Gasteiger partial charge in [-0.25, -0.2) is 4.98 Å². The van der Waals surface area contributed by atoms with E-state index < -0.39 is 0 Å². The molecular weight excluding hydrogens is 267 g/mol. The predicted octanol–water partition coefficient (Wildman–Crippen LogP) is 1.89. The van der Waals surface area contributed by atoms with Gasteiger partial charge in [-0.3, -0.25) is 0 Å². The van der Waals surface area contributed by atoms with Crippen molar-refractivity contribution in [3.63, 3.8) is 0 Å². The van der Waals surface area contributed by atoms with E-state index >= 15 is 0 Å². The van der Waals surface area contributed by atoms with Crippen LogP contribution in [0.15, 0.2) is 22.6 Å². The fourth-order valence-corrected chi connectivity index (χ4v) is 1.56. The molecule has 0 atom stereocenters. The van der Waals surface area contributed by atoms with Crippen LogP contribution in [0.5, 0.6) is 0 Å². The summed E-state index contributed by atoms with van der Waals surface area (Å²) in [7, 11) is 0. The monoisotopic (exact) mass is 274 g/mol. The molecule has 0 unspecified atom stereocenters. The zero-order valence-corrected chi connectivity index (χ0v) is 8.41. The van der Waals surface area contributed by atoms with E-state index in [1.54, 1.807) is 0 Å². The maximum absolute atomic E-state index is 5.48. The van der Waals surface area contributed by atoms with Crippen molar-refractivity contribution in [3.05, 3.63) is 27.7 Å². The lowest BCUT2D eigenvalue weighted by Gasteiger charge is -1.92. The number of rotatable bonds is 1. The van der Waals surface area contributed by atoms with Crippen molar-refractivity contribution in [1.29, 1.82) is 0 Å². The lowest BCUT2D eigenvalue weighted by atomic mass is 10.2. The Kier molecular flexibility index (Phi) is 2.02. The smallest absolute Gasteiger partial charge is 0.258 e. The van der Waals surface area contributed by atoms with Gasteiger partial charge in [-0.1, -0.05) is 6.07 Å². The maximum atomic E-state index is 5.48. The zero-order chi connectivity index (χ0) is 8.55. The lowest BCUT2D eigenvalue weighted by molar-refractivity contribution is 0.566. The third-order valence-electron chi connectivity index (χ3n) is 1.66. The van der Waals surface area contributed by atoms with Crippen LogP contribution >= 0.6 is 22.6 Å². The summed E-state index contributed by atoms with van der Waals surface area (Å²) < 4.78 is 5.99. The van der Waals surface area contributed by atoms with Gasteiger partial charge in [0.05, 0.1) is 0 Å². The highest BCUT2D eigenvalue weighted by atomic mass is 127. The summed E-state index contributed by atoms with van der Waals surface area (Å²) >= 11 is 2.05.